The Morgan fingerprint density at radius 1 is 0.833 bits per heavy atom. The summed E-state index contributed by atoms with van der Waals surface area (Å²) in [6.45, 7) is 8.26. The van der Waals surface area contributed by atoms with Crippen LogP contribution in [0.25, 0.3) is 0 Å². The molecule has 0 heterocycles. The van der Waals surface area contributed by atoms with E-state index in [0.29, 0.717) is 24.3 Å². The normalized spacial score (nSPS) is 11.3. The van der Waals surface area contributed by atoms with Gasteiger partial charge in [0.25, 0.3) is 0 Å². The summed E-state index contributed by atoms with van der Waals surface area (Å²) < 4.78 is 0. The van der Waals surface area contributed by atoms with Crippen LogP contribution in [0.5, 0.6) is 0 Å². The molecule has 0 fully saturated rings. The van der Waals surface area contributed by atoms with Gasteiger partial charge in [-0.25, -0.2) is 4.99 Å². The van der Waals surface area contributed by atoms with E-state index in [0.717, 1.165) is 29.8 Å². The molecule has 0 saturated carbocycles. The van der Waals surface area contributed by atoms with Gasteiger partial charge in [0.05, 0.1) is 11.2 Å². The first-order valence-corrected chi connectivity index (χ1v) is 10.6. The second-order valence-electron chi connectivity index (χ2n) is 7.09. The first-order chi connectivity index (χ1) is 14.6. The highest BCUT2D eigenvalue weighted by atomic mass is 15.2. The molecule has 0 aliphatic carbocycles. The summed E-state index contributed by atoms with van der Waals surface area (Å²) in [5, 5.41) is 20.4. The van der Waals surface area contributed by atoms with Crippen molar-refractivity contribution >= 4 is 17.1 Å². The minimum Gasteiger partial charge on any atom is -0.320 e. The van der Waals surface area contributed by atoms with E-state index in [1.165, 1.54) is 0 Å². The highest BCUT2D eigenvalue weighted by molar-refractivity contribution is 6.09. The van der Waals surface area contributed by atoms with Gasteiger partial charge in [-0.2, -0.15) is 10.5 Å². The van der Waals surface area contributed by atoms with E-state index in [9.17, 15) is 10.5 Å². The zero-order valence-electron chi connectivity index (χ0n) is 18.4. The van der Waals surface area contributed by atoms with Gasteiger partial charge in [0.2, 0.25) is 0 Å². The summed E-state index contributed by atoms with van der Waals surface area (Å²) in [7, 11) is 0. The molecule has 2 rings (SSSR count). The predicted octanol–water partition coefficient (Wildman–Crippen LogP) is 6.95. The van der Waals surface area contributed by atoms with Crippen molar-refractivity contribution in [1.82, 2.24) is 0 Å². The third kappa shape index (κ3) is 4.61. The Hall–Kier alpha value is -3.37. The number of anilines is 1. The van der Waals surface area contributed by atoms with Crippen molar-refractivity contribution < 1.29 is 0 Å². The lowest BCUT2D eigenvalue weighted by atomic mass is 9.83. The summed E-state index contributed by atoms with van der Waals surface area (Å²) >= 11 is 0. The molecule has 0 bridgehead atoms. The SMILES string of the molecule is CCC(CC)=C(C#N)N(c1ccccc1)C(CC)(CC)C(C#N)=Nc1ccccc1. The van der Waals surface area contributed by atoms with Crippen molar-refractivity contribution in [3.05, 3.63) is 71.9 Å². The smallest absolute Gasteiger partial charge is 0.144 e. The van der Waals surface area contributed by atoms with Crippen LogP contribution in [0, 0.1) is 22.7 Å². The summed E-state index contributed by atoms with van der Waals surface area (Å²) in [4.78, 5) is 6.80. The number of aliphatic imine (C=N–C) groups is 1. The second-order valence-corrected chi connectivity index (χ2v) is 7.09. The average molecular weight is 399 g/mol. The fourth-order valence-corrected chi connectivity index (χ4v) is 3.91. The van der Waals surface area contributed by atoms with Crippen LogP contribution in [0.3, 0.4) is 0 Å². The third-order valence-electron chi connectivity index (χ3n) is 5.67. The van der Waals surface area contributed by atoms with Crippen molar-refractivity contribution in [3.8, 4) is 12.1 Å². The Balaban J connectivity index is 2.86. The molecule has 4 nitrogen and oxygen atoms in total. The van der Waals surface area contributed by atoms with Gasteiger partial charge in [-0.05, 0) is 55.5 Å². The van der Waals surface area contributed by atoms with Crippen LogP contribution in [-0.2, 0) is 0 Å². The fourth-order valence-electron chi connectivity index (χ4n) is 3.91. The van der Waals surface area contributed by atoms with E-state index in [-0.39, 0.29) is 0 Å². The van der Waals surface area contributed by atoms with E-state index in [1.54, 1.807) is 0 Å². The van der Waals surface area contributed by atoms with Crippen LogP contribution in [-0.4, -0.2) is 11.3 Å². The van der Waals surface area contributed by atoms with Crippen LogP contribution < -0.4 is 4.90 Å². The van der Waals surface area contributed by atoms with Crippen LogP contribution in [0.4, 0.5) is 11.4 Å². The van der Waals surface area contributed by atoms with Gasteiger partial charge in [-0.15, -0.1) is 0 Å². The Morgan fingerprint density at radius 3 is 1.80 bits per heavy atom. The monoisotopic (exact) mass is 398 g/mol. The molecule has 30 heavy (non-hydrogen) atoms. The lowest BCUT2D eigenvalue weighted by Gasteiger charge is -2.44. The van der Waals surface area contributed by atoms with Gasteiger partial charge in [0, 0.05) is 5.69 Å². The molecule has 0 amide bonds. The maximum Gasteiger partial charge on any atom is 0.144 e. The Kier molecular flexibility index (Phi) is 8.39. The lowest BCUT2D eigenvalue weighted by Crippen LogP contribution is -2.53. The van der Waals surface area contributed by atoms with Crippen molar-refractivity contribution in [2.45, 2.75) is 58.9 Å². The average Bonchev–Trinajstić information content (AvgIpc) is 2.81. The summed E-state index contributed by atoms with van der Waals surface area (Å²) in [6.07, 6.45) is 2.85. The molecule has 0 spiro atoms. The molecule has 4 heteroatoms. The maximum absolute atomic E-state index is 10.2. The van der Waals surface area contributed by atoms with Gasteiger partial charge >= 0.3 is 0 Å². The topological polar surface area (TPSA) is 63.2 Å². The van der Waals surface area contributed by atoms with E-state index >= 15 is 0 Å². The molecule has 0 atom stereocenters. The number of rotatable bonds is 9. The molecular formula is C26H30N4. The molecule has 0 saturated heterocycles. The molecule has 0 N–H and O–H groups in total. The molecular weight excluding hydrogens is 368 g/mol. The van der Waals surface area contributed by atoms with Crippen molar-refractivity contribution in [1.29, 1.82) is 10.5 Å². The molecule has 0 aromatic heterocycles. The van der Waals surface area contributed by atoms with Crippen molar-refractivity contribution in [2.24, 2.45) is 4.99 Å². The van der Waals surface area contributed by atoms with E-state index in [1.807, 2.05) is 60.7 Å². The minimum absolute atomic E-state index is 0.418. The molecule has 0 radical (unpaired) electrons. The molecule has 0 aliphatic heterocycles. The van der Waals surface area contributed by atoms with Gasteiger partial charge in [-0.3, -0.25) is 0 Å². The van der Waals surface area contributed by atoms with Crippen LogP contribution in [0.15, 0.2) is 76.9 Å². The zero-order valence-corrected chi connectivity index (χ0v) is 18.4. The standard InChI is InChI=1S/C26H30N4/c1-5-21(6-2)24(19-27)30(23-17-13-10-14-18-23)26(7-3,8-4)25(20-28)29-22-15-11-9-12-16-22/h9-18H,5-8H2,1-4H3. The number of benzene rings is 2. The quantitative estimate of drug-likeness (QED) is 0.339. The zero-order chi connectivity index (χ0) is 22.0. The van der Waals surface area contributed by atoms with Crippen LogP contribution >= 0.6 is 0 Å². The van der Waals surface area contributed by atoms with Crippen LogP contribution in [0.2, 0.25) is 0 Å². The number of nitrogens with zero attached hydrogens (tertiary/aromatic N) is 4. The number of allylic oxidation sites excluding steroid dienone is 2. The Bertz CT molecular complexity index is 950. The van der Waals surface area contributed by atoms with E-state index in [4.69, 9.17) is 4.99 Å². The number of nitriles is 2. The lowest BCUT2D eigenvalue weighted by molar-refractivity contribution is 0.504. The fraction of sp³-hybridized carbons (Fsp3) is 0.346. The molecule has 2 aromatic rings. The maximum atomic E-state index is 10.2. The number of hydrogen-bond acceptors (Lipinski definition) is 4. The highest BCUT2D eigenvalue weighted by Gasteiger charge is 2.42. The largest absolute Gasteiger partial charge is 0.320 e. The number of para-hydroxylation sites is 2. The summed E-state index contributed by atoms with van der Waals surface area (Å²) in [6, 6.07) is 24.3. The Morgan fingerprint density at radius 2 is 1.37 bits per heavy atom. The number of hydrogen-bond donors (Lipinski definition) is 0. The van der Waals surface area contributed by atoms with Crippen molar-refractivity contribution in [2.75, 3.05) is 4.90 Å². The van der Waals surface area contributed by atoms with Crippen LogP contribution in [0.1, 0.15) is 53.4 Å². The highest BCUT2D eigenvalue weighted by Crippen LogP contribution is 2.37. The van der Waals surface area contributed by atoms with Gasteiger partial charge in [0.1, 0.15) is 23.5 Å². The second kappa shape index (κ2) is 11.0. The molecule has 154 valence electrons. The van der Waals surface area contributed by atoms with Crippen molar-refractivity contribution in [3.63, 3.8) is 0 Å². The van der Waals surface area contributed by atoms with E-state index < -0.39 is 5.54 Å². The van der Waals surface area contributed by atoms with E-state index in [2.05, 4.69) is 44.7 Å². The first kappa shape index (κ1) is 22.9. The summed E-state index contributed by atoms with van der Waals surface area (Å²) in [5.41, 5.74) is 3.01. The first-order valence-electron chi connectivity index (χ1n) is 10.6. The minimum atomic E-state index is -0.730. The molecule has 0 aliphatic rings. The molecule has 2 aromatic carbocycles. The predicted molar refractivity (Wildman–Crippen MR) is 125 cm³/mol. The third-order valence-corrected chi connectivity index (χ3v) is 5.67. The van der Waals surface area contributed by atoms with Gasteiger partial charge < -0.3 is 4.90 Å². The summed E-state index contributed by atoms with van der Waals surface area (Å²) in [5.74, 6) is 0. The Labute approximate surface area is 180 Å². The molecule has 0 unspecified atom stereocenters. The van der Waals surface area contributed by atoms with Gasteiger partial charge in [-0.1, -0.05) is 64.1 Å². The van der Waals surface area contributed by atoms with Gasteiger partial charge in [0.15, 0.2) is 0 Å².